The Balaban J connectivity index is 1.73. The molecule has 0 atom stereocenters. The number of ketones is 2. The molecule has 4 nitrogen and oxygen atoms in total. The zero-order valence-electron chi connectivity index (χ0n) is 15.2. The van der Waals surface area contributed by atoms with Gasteiger partial charge in [0.05, 0.1) is 0 Å². The molecule has 0 spiro atoms. The number of carbonyl (C=O) groups is 2. The van der Waals surface area contributed by atoms with Gasteiger partial charge in [-0.25, -0.2) is 0 Å². The second kappa shape index (κ2) is 7.56. The molecule has 1 N–H and O–H groups in total. The first-order chi connectivity index (χ1) is 12.8. The van der Waals surface area contributed by atoms with Crippen molar-refractivity contribution < 1.29 is 19.4 Å². The molecule has 0 aliphatic heterocycles. The van der Waals surface area contributed by atoms with E-state index in [9.17, 15) is 14.7 Å². The third-order valence-corrected chi connectivity index (χ3v) is 4.06. The molecule has 0 fully saturated rings. The molecule has 0 aliphatic rings. The van der Waals surface area contributed by atoms with Crippen molar-refractivity contribution in [2.45, 2.75) is 19.4 Å². The lowest BCUT2D eigenvalue weighted by Gasteiger charge is -2.15. The molecular formula is C23H20O4. The van der Waals surface area contributed by atoms with Gasteiger partial charge in [0, 0.05) is 16.7 Å². The van der Waals surface area contributed by atoms with Crippen LogP contribution in [-0.4, -0.2) is 22.3 Å². The van der Waals surface area contributed by atoms with Gasteiger partial charge < -0.3 is 9.84 Å². The molecule has 3 rings (SSSR count). The molecule has 0 unspecified atom stereocenters. The number of rotatable bonds is 6. The highest BCUT2D eigenvalue weighted by molar-refractivity contribution is 6.10. The maximum Gasteiger partial charge on any atom is 0.193 e. The lowest BCUT2D eigenvalue weighted by atomic mass is 9.95. The van der Waals surface area contributed by atoms with E-state index in [0.29, 0.717) is 22.4 Å². The van der Waals surface area contributed by atoms with Crippen molar-refractivity contribution in [1.82, 2.24) is 0 Å². The maximum absolute atomic E-state index is 12.6. The van der Waals surface area contributed by atoms with Gasteiger partial charge in [0.2, 0.25) is 0 Å². The average Bonchev–Trinajstić information content (AvgIpc) is 2.68. The Kier molecular flexibility index (Phi) is 5.19. The largest absolute Gasteiger partial charge is 0.457 e. The molecule has 0 radical (unpaired) electrons. The molecular weight excluding hydrogens is 340 g/mol. The third kappa shape index (κ3) is 4.49. The second-order valence-corrected chi connectivity index (χ2v) is 6.73. The second-order valence-electron chi connectivity index (χ2n) is 6.73. The van der Waals surface area contributed by atoms with Gasteiger partial charge in [-0.15, -0.1) is 0 Å². The van der Waals surface area contributed by atoms with Crippen LogP contribution in [0.25, 0.3) is 0 Å². The fourth-order valence-electron chi connectivity index (χ4n) is 2.59. The zero-order chi connectivity index (χ0) is 19.4. The summed E-state index contributed by atoms with van der Waals surface area (Å²) in [5, 5.41) is 9.80. The zero-order valence-corrected chi connectivity index (χ0v) is 15.2. The van der Waals surface area contributed by atoms with Crippen LogP contribution in [0, 0.1) is 0 Å². The van der Waals surface area contributed by atoms with E-state index in [1.54, 1.807) is 48.5 Å². The Labute approximate surface area is 158 Å². The minimum Gasteiger partial charge on any atom is -0.457 e. The van der Waals surface area contributed by atoms with Crippen LogP contribution in [0.1, 0.15) is 40.1 Å². The molecule has 0 aromatic heterocycles. The Bertz CT molecular complexity index is 934. The summed E-state index contributed by atoms with van der Waals surface area (Å²) in [5.74, 6) is 0.833. The average molecular weight is 360 g/mol. The number of carbonyl (C=O) groups excluding carboxylic acids is 2. The fourth-order valence-corrected chi connectivity index (χ4v) is 2.59. The summed E-state index contributed by atoms with van der Waals surface area (Å²) in [7, 11) is 0. The summed E-state index contributed by atoms with van der Waals surface area (Å²) < 4.78 is 5.72. The number of hydrogen-bond donors (Lipinski definition) is 1. The number of aliphatic hydroxyl groups is 1. The molecule has 27 heavy (non-hydrogen) atoms. The van der Waals surface area contributed by atoms with E-state index in [4.69, 9.17) is 4.74 Å². The molecule has 0 saturated carbocycles. The monoisotopic (exact) mass is 360 g/mol. The highest BCUT2D eigenvalue weighted by Gasteiger charge is 2.25. The van der Waals surface area contributed by atoms with Crippen molar-refractivity contribution >= 4 is 11.6 Å². The molecule has 0 bridgehead atoms. The van der Waals surface area contributed by atoms with Crippen molar-refractivity contribution in [2.24, 2.45) is 0 Å². The van der Waals surface area contributed by atoms with Crippen LogP contribution < -0.4 is 4.74 Å². The minimum atomic E-state index is -1.44. The lowest BCUT2D eigenvalue weighted by Crippen LogP contribution is -2.31. The van der Waals surface area contributed by atoms with Gasteiger partial charge in [0.25, 0.3) is 0 Å². The van der Waals surface area contributed by atoms with Crippen molar-refractivity contribution in [2.75, 3.05) is 0 Å². The van der Waals surface area contributed by atoms with Crippen LogP contribution in [-0.2, 0) is 0 Å². The summed E-state index contributed by atoms with van der Waals surface area (Å²) in [6.45, 7) is 2.88. The number of hydrogen-bond acceptors (Lipinski definition) is 4. The molecule has 3 aromatic carbocycles. The van der Waals surface area contributed by atoms with Gasteiger partial charge >= 0.3 is 0 Å². The fraction of sp³-hybridized carbons (Fsp3) is 0.130. The molecule has 0 saturated heterocycles. The molecule has 3 aromatic rings. The topological polar surface area (TPSA) is 63.6 Å². The Hall–Kier alpha value is -3.24. The summed E-state index contributed by atoms with van der Waals surface area (Å²) in [4.78, 5) is 24.7. The highest BCUT2D eigenvalue weighted by Crippen LogP contribution is 2.22. The highest BCUT2D eigenvalue weighted by atomic mass is 16.5. The van der Waals surface area contributed by atoms with E-state index in [1.807, 2.05) is 30.3 Å². The predicted molar refractivity (Wildman–Crippen MR) is 103 cm³/mol. The van der Waals surface area contributed by atoms with Gasteiger partial charge in [-0.2, -0.15) is 0 Å². The molecule has 0 heterocycles. The lowest BCUT2D eigenvalue weighted by molar-refractivity contribution is 0.0488. The van der Waals surface area contributed by atoms with Gasteiger partial charge in [-0.1, -0.05) is 42.5 Å². The van der Waals surface area contributed by atoms with Gasteiger partial charge in [-0.3, -0.25) is 9.59 Å². The SMILES string of the molecule is CC(C)(O)C(=O)c1ccc(C(=O)c2ccc(Oc3ccccc3)cc2)cc1. The van der Waals surface area contributed by atoms with E-state index in [-0.39, 0.29) is 11.6 Å². The van der Waals surface area contributed by atoms with Crippen molar-refractivity contribution in [3.8, 4) is 11.5 Å². The van der Waals surface area contributed by atoms with Crippen LogP contribution in [0.4, 0.5) is 0 Å². The quantitative estimate of drug-likeness (QED) is 0.649. The van der Waals surface area contributed by atoms with E-state index < -0.39 is 5.60 Å². The summed E-state index contributed by atoms with van der Waals surface area (Å²) in [6.07, 6.45) is 0. The molecule has 0 amide bonds. The van der Waals surface area contributed by atoms with Crippen molar-refractivity contribution in [1.29, 1.82) is 0 Å². The first kappa shape index (κ1) is 18.5. The van der Waals surface area contributed by atoms with Crippen molar-refractivity contribution in [3.05, 3.63) is 95.6 Å². The Morgan fingerprint density at radius 1 is 0.704 bits per heavy atom. The number of benzene rings is 3. The third-order valence-electron chi connectivity index (χ3n) is 4.06. The van der Waals surface area contributed by atoms with Gasteiger partial charge in [0.15, 0.2) is 11.6 Å². The minimum absolute atomic E-state index is 0.150. The van der Waals surface area contributed by atoms with Crippen LogP contribution in [0.5, 0.6) is 11.5 Å². The van der Waals surface area contributed by atoms with Crippen LogP contribution in [0.3, 0.4) is 0 Å². The van der Waals surface area contributed by atoms with Crippen LogP contribution >= 0.6 is 0 Å². The molecule has 4 heteroatoms. The predicted octanol–water partition coefficient (Wildman–Crippen LogP) is 4.66. The molecule has 0 aliphatic carbocycles. The first-order valence-corrected chi connectivity index (χ1v) is 8.59. The number of ether oxygens (including phenoxy) is 1. The molecule has 136 valence electrons. The van der Waals surface area contributed by atoms with Gasteiger partial charge in [-0.05, 0) is 50.2 Å². The normalized spacial score (nSPS) is 11.1. The smallest absolute Gasteiger partial charge is 0.193 e. The number of Topliss-reactive ketones (excluding diaryl/α,β-unsaturated/α-hetero) is 1. The van der Waals surface area contributed by atoms with Crippen molar-refractivity contribution in [3.63, 3.8) is 0 Å². The van der Waals surface area contributed by atoms with Crippen LogP contribution in [0.2, 0.25) is 0 Å². The maximum atomic E-state index is 12.6. The first-order valence-electron chi connectivity index (χ1n) is 8.59. The van der Waals surface area contributed by atoms with Gasteiger partial charge in [0.1, 0.15) is 17.1 Å². The Morgan fingerprint density at radius 3 is 1.67 bits per heavy atom. The number of para-hydroxylation sites is 1. The van der Waals surface area contributed by atoms with E-state index >= 15 is 0 Å². The Morgan fingerprint density at radius 2 is 1.15 bits per heavy atom. The van der Waals surface area contributed by atoms with E-state index in [2.05, 4.69) is 0 Å². The summed E-state index contributed by atoms with van der Waals surface area (Å²) in [5.41, 5.74) is -0.0817. The van der Waals surface area contributed by atoms with Crippen LogP contribution in [0.15, 0.2) is 78.9 Å². The van der Waals surface area contributed by atoms with E-state index in [1.165, 1.54) is 13.8 Å². The standard InChI is InChI=1S/C23H20O4/c1-23(2,26)22(25)18-10-8-16(9-11-18)21(24)17-12-14-20(15-13-17)27-19-6-4-3-5-7-19/h3-15,26H,1-2H3. The van der Waals surface area contributed by atoms with E-state index in [0.717, 1.165) is 5.75 Å². The summed E-state index contributed by atoms with van der Waals surface area (Å²) in [6, 6.07) is 22.6. The summed E-state index contributed by atoms with van der Waals surface area (Å²) >= 11 is 0.